The molecule has 0 saturated carbocycles. The first-order chi connectivity index (χ1) is 16.5. The van der Waals surface area contributed by atoms with Crippen LogP contribution in [0.1, 0.15) is 21.5 Å². The average Bonchev–Trinajstić information content (AvgIpc) is 3.22. The highest BCUT2D eigenvalue weighted by Gasteiger charge is 2.17. The van der Waals surface area contributed by atoms with Crippen LogP contribution >= 0.6 is 0 Å². The predicted octanol–water partition coefficient (Wildman–Crippen LogP) is 5.09. The van der Waals surface area contributed by atoms with E-state index in [2.05, 4.69) is 25.3 Å². The van der Waals surface area contributed by atoms with E-state index in [1.54, 1.807) is 35.4 Å². The molecular weight excluding hydrogens is 428 g/mol. The molecule has 0 spiro atoms. The van der Waals surface area contributed by atoms with Crippen LogP contribution in [0.4, 0.5) is 5.69 Å². The highest BCUT2D eigenvalue weighted by Crippen LogP contribution is 2.30. The van der Waals surface area contributed by atoms with Crippen LogP contribution in [0, 0.1) is 13.8 Å². The summed E-state index contributed by atoms with van der Waals surface area (Å²) in [6.07, 6.45) is 5.05. The Bertz CT molecular complexity index is 1510. The van der Waals surface area contributed by atoms with Crippen LogP contribution in [-0.4, -0.2) is 30.4 Å². The molecule has 3 aromatic heterocycles. The molecule has 168 valence electrons. The lowest BCUT2D eigenvalue weighted by molar-refractivity contribution is 0.102. The van der Waals surface area contributed by atoms with E-state index in [0.717, 1.165) is 22.4 Å². The number of hydrogen-bond acceptors (Lipinski definition) is 6. The molecular formula is C26H22N6O2. The van der Waals surface area contributed by atoms with Gasteiger partial charge in [-0.2, -0.15) is 4.98 Å². The minimum atomic E-state index is -0.213. The normalized spacial score (nSPS) is 10.9. The van der Waals surface area contributed by atoms with Crippen molar-refractivity contribution in [2.24, 2.45) is 7.05 Å². The maximum Gasteiger partial charge on any atom is 0.256 e. The fourth-order valence-corrected chi connectivity index (χ4v) is 3.62. The zero-order valence-corrected chi connectivity index (χ0v) is 19.0. The third kappa shape index (κ3) is 4.21. The predicted molar refractivity (Wildman–Crippen MR) is 130 cm³/mol. The van der Waals surface area contributed by atoms with Crippen molar-refractivity contribution in [3.05, 3.63) is 90.0 Å². The summed E-state index contributed by atoms with van der Waals surface area (Å²) in [5.74, 6) is 1.04. The first-order valence-corrected chi connectivity index (χ1v) is 10.7. The number of nitrogens with zero attached hydrogens (tertiary/aromatic N) is 5. The van der Waals surface area contributed by atoms with Crippen LogP contribution in [0.25, 0.3) is 22.6 Å². The molecule has 0 fully saturated rings. The van der Waals surface area contributed by atoms with E-state index in [9.17, 15) is 4.79 Å². The van der Waals surface area contributed by atoms with Gasteiger partial charge in [0.05, 0.1) is 6.33 Å². The van der Waals surface area contributed by atoms with Gasteiger partial charge < -0.3 is 14.6 Å². The third-order valence-electron chi connectivity index (χ3n) is 5.39. The zero-order chi connectivity index (χ0) is 23.7. The maximum atomic E-state index is 13.0. The van der Waals surface area contributed by atoms with Gasteiger partial charge in [-0.05, 0) is 61.4 Å². The smallest absolute Gasteiger partial charge is 0.256 e. The van der Waals surface area contributed by atoms with E-state index in [4.69, 9.17) is 4.74 Å². The number of carbonyl (C=O) groups is 1. The van der Waals surface area contributed by atoms with E-state index in [-0.39, 0.29) is 5.91 Å². The van der Waals surface area contributed by atoms with Gasteiger partial charge in [0.25, 0.3) is 11.8 Å². The molecule has 2 aromatic carbocycles. The molecule has 0 bridgehead atoms. The summed E-state index contributed by atoms with van der Waals surface area (Å²) in [6, 6.07) is 16.7. The van der Waals surface area contributed by atoms with Crippen molar-refractivity contribution in [1.82, 2.24) is 24.5 Å². The lowest BCUT2D eigenvalue weighted by Gasteiger charge is -2.12. The Morgan fingerprint density at radius 1 is 1.03 bits per heavy atom. The SMILES string of the molecule is Cc1cccc(NC(=O)c2cc(Oc3nc(-c4cccnc4)nc4c3ncn4C)ccc2C)c1. The van der Waals surface area contributed by atoms with Crippen molar-refractivity contribution >= 4 is 22.8 Å². The Hall–Kier alpha value is -4.59. The van der Waals surface area contributed by atoms with Gasteiger partial charge in [-0.1, -0.05) is 18.2 Å². The number of carbonyl (C=O) groups excluding carboxylic acids is 1. The van der Waals surface area contributed by atoms with E-state index in [0.29, 0.717) is 34.2 Å². The van der Waals surface area contributed by atoms with Crippen molar-refractivity contribution in [3.63, 3.8) is 0 Å². The van der Waals surface area contributed by atoms with E-state index >= 15 is 0 Å². The molecule has 0 aliphatic rings. The number of aromatic nitrogens is 5. The van der Waals surface area contributed by atoms with Gasteiger partial charge in [0.2, 0.25) is 0 Å². The first kappa shape index (κ1) is 21.3. The van der Waals surface area contributed by atoms with Gasteiger partial charge in [0, 0.05) is 36.3 Å². The van der Waals surface area contributed by atoms with Crippen molar-refractivity contribution in [2.45, 2.75) is 13.8 Å². The summed E-state index contributed by atoms with van der Waals surface area (Å²) in [6.45, 7) is 3.87. The fraction of sp³-hybridized carbons (Fsp3) is 0.115. The van der Waals surface area contributed by atoms with Crippen molar-refractivity contribution in [3.8, 4) is 23.0 Å². The van der Waals surface area contributed by atoms with Crippen molar-refractivity contribution in [1.29, 1.82) is 0 Å². The number of benzene rings is 2. The molecule has 0 atom stereocenters. The number of pyridine rings is 1. The number of amides is 1. The molecule has 0 aliphatic carbocycles. The minimum absolute atomic E-state index is 0.213. The summed E-state index contributed by atoms with van der Waals surface area (Å²) in [7, 11) is 1.86. The van der Waals surface area contributed by atoms with Gasteiger partial charge in [-0.3, -0.25) is 9.78 Å². The largest absolute Gasteiger partial charge is 0.437 e. The Morgan fingerprint density at radius 3 is 2.71 bits per heavy atom. The number of rotatable bonds is 5. The van der Waals surface area contributed by atoms with Crippen molar-refractivity contribution in [2.75, 3.05) is 5.32 Å². The lowest BCUT2D eigenvalue weighted by atomic mass is 10.1. The second kappa shape index (κ2) is 8.74. The number of nitrogens with one attached hydrogen (secondary N) is 1. The molecule has 1 N–H and O–H groups in total. The molecule has 1 amide bonds. The third-order valence-corrected chi connectivity index (χ3v) is 5.39. The van der Waals surface area contributed by atoms with Crippen LogP contribution in [-0.2, 0) is 7.05 Å². The summed E-state index contributed by atoms with van der Waals surface area (Å²) >= 11 is 0. The van der Waals surface area contributed by atoms with Gasteiger partial charge in [0.1, 0.15) is 5.75 Å². The Labute approximate surface area is 196 Å². The summed E-state index contributed by atoms with van der Waals surface area (Å²) in [5, 5.41) is 2.95. The topological polar surface area (TPSA) is 94.8 Å². The standard InChI is InChI=1S/C26H22N6O2/c1-16-6-4-8-19(12-16)29-25(33)21-13-20(10-9-17(21)2)34-26-22-24(32(3)15-28-22)30-23(31-26)18-7-5-11-27-14-18/h4-15H,1-3H3,(H,29,33). The molecule has 0 unspecified atom stereocenters. The summed E-state index contributed by atoms with van der Waals surface area (Å²) < 4.78 is 7.96. The molecule has 5 aromatic rings. The summed E-state index contributed by atoms with van der Waals surface area (Å²) in [5.41, 5.74) is 5.08. The zero-order valence-electron chi connectivity index (χ0n) is 19.0. The molecule has 3 heterocycles. The molecule has 8 heteroatoms. The molecule has 0 radical (unpaired) electrons. The number of anilines is 1. The number of ether oxygens (including phenoxy) is 1. The molecule has 0 saturated heterocycles. The molecule has 0 aliphatic heterocycles. The molecule has 34 heavy (non-hydrogen) atoms. The van der Waals surface area contributed by atoms with Crippen LogP contribution < -0.4 is 10.1 Å². The van der Waals surface area contributed by atoms with Crippen LogP contribution in [0.2, 0.25) is 0 Å². The van der Waals surface area contributed by atoms with E-state index in [1.165, 1.54) is 0 Å². The van der Waals surface area contributed by atoms with Crippen LogP contribution in [0.3, 0.4) is 0 Å². The summed E-state index contributed by atoms with van der Waals surface area (Å²) in [4.78, 5) is 30.8. The quantitative estimate of drug-likeness (QED) is 0.401. The average molecular weight is 451 g/mol. The van der Waals surface area contributed by atoms with Gasteiger partial charge in [-0.15, -0.1) is 0 Å². The second-order valence-electron chi connectivity index (χ2n) is 8.02. The van der Waals surface area contributed by atoms with Gasteiger partial charge in [0.15, 0.2) is 17.0 Å². The number of aryl methyl sites for hydroxylation is 3. The van der Waals surface area contributed by atoms with Gasteiger partial charge in [-0.25, -0.2) is 9.97 Å². The Kier molecular flexibility index (Phi) is 5.47. The lowest BCUT2D eigenvalue weighted by Crippen LogP contribution is -2.13. The first-order valence-electron chi connectivity index (χ1n) is 10.7. The van der Waals surface area contributed by atoms with Crippen LogP contribution in [0.15, 0.2) is 73.3 Å². The van der Waals surface area contributed by atoms with E-state index in [1.807, 2.05) is 63.4 Å². The number of fused-ring (bicyclic) bond motifs is 1. The Balaban J connectivity index is 1.50. The maximum absolute atomic E-state index is 13.0. The second-order valence-corrected chi connectivity index (χ2v) is 8.02. The number of imidazole rings is 1. The monoisotopic (exact) mass is 450 g/mol. The molecule has 8 nitrogen and oxygen atoms in total. The highest BCUT2D eigenvalue weighted by atomic mass is 16.5. The highest BCUT2D eigenvalue weighted by molar-refractivity contribution is 6.05. The van der Waals surface area contributed by atoms with Crippen molar-refractivity contribution < 1.29 is 9.53 Å². The number of hydrogen-bond donors (Lipinski definition) is 1. The van der Waals surface area contributed by atoms with Gasteiger partial charge >= 0.3 is 0 Å². The fourth-order valence-electron chi connectivity index (χ4n) is 3.62. The minimum Gasteiger partial charge on any atom is -0.437 e. The molecule has 5 rings (SSSR count). The Morgan fingerprint density at radius 2 is 1.91 bits per heavy atom. The van der Waals surface area contributed by atoms with Crippen LogP contribution in [0.5, 0.6) is 11.6 Å². The van der Waals surface area contributed by atoms with E-state index < -0.39 is 0 Å².